The first-order valence-electron chi connectivity index (χ1n) is 5.71. The summed E-state index contributed by atoms with van der Waals surface area (Å²) in [7, 11) is 0. The van der Waals surface area contributed by atoms with Crippen LogP contribution in [0.15, 0.2) is 18.3 Å². The molecule has 0 radical (unpaired) electrons. The van der Waals surface area contributed by atoms with Gasteiger partial charge in [0.2, 0.25) is 0 Å². The molecule has 3 heteroatoms. The molecule has 1 N–H and O–H groups in total. The monoisotopic (exact) mass is 203 g/mol. The largest absolute Gasteiger partial charge is 0.370 e. The fraction of sp³-hybridized carbons (Fsp3) is 0.583. The number of aromatic nitrogens is 1. The fourth-order valence-electron chi connectivity index (χ4n) is 2.71. The Hall–Kier alpha value is -1.09. The molecule has 0 saturated carbocycles. The molecule has 3 heterocycles. The maximum atomic E-state index is 4.36. The van der Waals surface area contributed by atoms with Gasteiger partial charge in [0.1, 0.15) is 0 Å². The molecule has 80 valence electrons. The molecule has 0 aliphatic carbocycles. The van der Waals surface area contributed by atoms with Gasteiger partial charge in [-0.25, -0.2) is 0 Å². The second-order valence-electron chi connectivity index (χ2n) is 4.74. The van der Waals surface area contributed by atoms with Gasteiger partial charge in [0, 0.05) is 31.9 Å². The Morgan fingerprint density at radius 1 is 1.27 bits per heavy atom. The summed E-state index contributed by atoms with van der Waals surface area (Å²) in [4.78, 5) is 6.84. The quantitative estimate of drug-likeness (QED) is 0.739. The second kappa shape index (κ2) is 3.49. The van der Waals surface area contributed by atoms with Crippen LogP contribution < -0.4 is 10.2 Å². The lowest BCUT2D eigenvalue weighted by Crippen LogP contribution is -2.25. The number of hydrogen-bond acceptors (Lipinski definition) is 3. The van der Waals surface area contributed by atoms with Crippen LogP contribution in [0.4, 0.5) is 5.69 Å². The number of anilines is 1. The van der Waals surface area contributed by atoms with Crippen LogP contribution in [0, 0.1) is 18.8 Å². The van der Waals surface area contributed by atoms with Gasteiger partial charge in [-0.15, -0.1) is 0 Å². The number of nitrogens with zero attached hydrogens (tertiary/aromatic N) is 2. The van der Waals surface area contributed by atoms with E-state index in [4.69, 9.17) is 0 Å². The van der Waals surface area contributed by atoms with E-state index in [9.17, 15) is 0 Å². The average molecular weight is 203 g/mol. The van der Waals surface area contributed by atoms with E-state index in [1.165, 1.54) is 31.9 Å². The Labute approximate surface area is 90.5 Å². The van der Waals surface area contributed by atoms with E-state index in [0.717, 1.165) is 17.5 Å². The third-order valence-corrected chi connectivity index (χ3v) is 3.65. The molecule has 2 atom stereocenters. The lowest BCUT2D eigenvalue weighted by Gasteiger charge is -2.19. The number of fused-ring (bicyclic) bond motifs is 1. The molecule has 3 rings (SSSR count). The van der Waals surface area contributed by atoms with Crippen molar-refractivity contribution >= 4 is 5.69 Å². The van der Waals surface area contributed by atoms with E-state index >= 15 is 0 Å². The van der Waals surface area contributed by atoms with E-state index in [-0.39, 0.29) is 0 Å². The maximum Gasteiger partial charge on any atom is 0.0553 e. The SMILES string of the molecule is Cc1ccc(N2C[C@H]3CNC[C@H]3C2)cn1. The van der Waals surface area contributed by atoms with Gasteiger partial charge in [-0.2, -0.15) is 0 Å². The number of pyridine rings is 1. The van der Waals surface area contributed by atoms with Crippen LogP contribution in [0.3, 0.4) is 0 Å². The average Bonchev–Trinajstić information content (AvgIpc) is 2.78. The fourth-order valence-corrected chi connectivity index (χ4v) is 2.71. The van der Waals surface area contributed by atoms with Crippen molar-refractivity contribution in [3.05, 3.63) is 24.0 Å². The zero-order valence-corrected chi connectivity index (χ0v) is 9.11. The zero-order chi connectivity index (χ0) is 10.3. The minimum atomic E-state index is 0.853. The normalized spacial score (nSPS) is 29.5. The summed E-state index contributed by atoms with van der Waals surface area (Å²) in [6.07, 6.45) is 2.00. The molecule has 0 spiro atoms. The summed E-state index contributed by atoms with van der Waals surface area (Å²) in [6, 6.07) is 4.29. The van der Waals surface area contributed by atoms with Gasteiger partial charge in [0.25, 0.3) is 0 Å². The van der Waals surface area contributed by atoms with E-state index in [1.807, 2.05) is 13.1 Å². The van der Waals surface area contributed by atoms with Crippen molar-refractivity contribution in [3.8, 4) is 0 Å². The van der Waals surface area contributed by atoms with E-state index in [2.05, 4.69) is 27.3 Å². The smallest absolute Gasteiger partial charge is 0.0553 e. The van der Waals surface area contributed by atoms with Gasteiger partial charge >= 0.3 is 0 Å². The summed E-state index contributed by atoms with van der Waals surface area (Å²) < 4.78 is 0. The molecule has 2 fully saturated rings. The molecule has 2 aliphatic heterocycles. The minimum Gasteiger partial charge on any atom is -0.370 e. The Balaban J connectivity index is 1.76. The van der Waals surface area contributed by atoms with Crippen LogP contribution in [0.2, 0.25) is 0 Å². The molecule has 0 unspecified atom stereocenters. The van der Waals surface area contributed by atoms with Crippen molar-refractivity contribution in [1.29, 1.82) is 0 Å². The van der Waals surface area contributed by atoms with Gasteiger partial charge in [-0.05, 0) is 30.9 Å². The van der Waals surface area contributed by atoms with Crippen LogP contribution >= 0.6 is 0 Å². The molecule has 2 saturated heterocycles. The first kappa shape index (κ1) is 9.16. The molecule has 2 aliphatic rings. The maximum absolute atomic E-state index is 4.36. The lowest BCUT2D eigenvalue weighted by atomic mass is 10.0. The Bertz CT molecular complexity index is 334. The molecule has 1 aromatic rings. The third kappa shape index (κ3) is 1.61. The van der Waals surface area contributed by atoms with Crippen molar-refractivity contribution in [2.75, 3.05) is 31.1 Å². The van der Waals surface area contributed by atoms with Gasteiger partial charge in [-0.3, -0.25) is 4.98 Å². The molecular weight excluding hydrogens is 186 g/mol. The Morgan fingerprint density at radius 3 is 2.60 bits per heavy atom. The highest BCUT2D eigenvalue weighted by molar-refractivity contribution is 5.46. The highest BCUT2D eigenvalue weighted by atomic mass is 15.2. The first-order valence-corrected chi connectivity index (χ1v) is 5.71. The van der Waals surface area contributed by atoms with Crippen LogP contribution in [0.5, 0.6) is 0 Å². The first-order chi connectivity index (χ1) is 7.33. The molecular formula is C12H17N3. The van der Waals surface area contributed by atoms with Gasteiger partial charge in [-0.1, -0.05) is 0 Å². The number of hydrogen-bond donors (Lipinski definition) is 1. The van der Waals surface area contributed by atoms with E-state index in [0.29, 0.717) is 0 Å². The highest BCUT2D eigenvalue weighted by Crippen LogP contribution is 2.29. The minimum absolute atomic E-state index is 0.853. The third-order valence-electron chi connectivity index (χ3n) is 3.65. The molecule has 3 nitrogen and oxygen atoms in total. The highest BCUT2D eigenvalue weighted by Gasteiger charge is 2.36. The summed E-state index contributed by atoms with van der Waals surface area (Å²) in [5.74, 6) is 1.71. The summed E-state index contributed by atoms with van der Waals surface area (Å²) in [5, 5.41) is 3.46. The number of aryl methyl sites for hydroxylation is 1. The Morgan fingerprint density at radius 2 is 2.00 bits per heavy atom. The summed E-state index contributed by atoms with van der Waals surface area (Å²) >= 11 is 0. The van der Waals surface area contributed by atoms with Crippen LogP contribution in [0.25, 0.3) is 0 Å². The lowest BCUT2D eigenvalue weighted by molar-refractivity contribution is 0.533. The molecule has 0 amide bonds. The topological polar surface area (TPSA) is 28.2 Å². The van der Waals surface area contributed by atoms with Gasteiger partial charge < -0.3 is 10.2 Å². The van der Waals surface area contributed by atoms with Crippen molar-refractivity contribution in [2.45, 2.75) is 6.92 Å². The van der Waals surface area contributed by atoms with E-state index in [1.54, 1.807) is 0 Å². The zero-order valence-electron chi connectivity index (χ0n) is 9.11. The van der Waals surface area contributed by atoms with E-state index < -0.39 is 0 Å². The molecule has 1 aromatic heterocycles. The molecule has 0 bridgehead atoms. The Kier molecular flexibility index (Phi) is 2.13. The molecule has 15 heavy (non-hydrogen) atoms. The van der Waals surface area contributed by atoms with Crippen molar-refractivity contribution in [3.63, 3.8) is 0 Å². The second-order valence-corrected chi connectivity index (χ2v) is 4.74. The van der Waals surface area contributed by atoms with Gasteiger partial charge in [0.15, 0.2) is 0 Å². The van der Waals surface area contributed by atoms with Crippen LogP contribution in [-0.2, 0) is 0 Å². The summed E-state index contributed by atoms with van der Waals surface area (Å²) in [5.41, 5.74) is 2.38. The van der Waals surface area contributed by atoms with Crippen molar-refractivity contribution in [2.24, 2.45) is 11.8 Å². The standard InChI is InChI=1S/C12H17N3/c1-9-2-3-12(6-14-9)15-7-10-4-13-5-11(10)8-15/h2-3,6,10-11,13H,4-5,7-8H2,1H3/t10-,11+. The van der Waals surface area contributed by atoms with Crippen LogP contribution in [0.1, 0.15) is 5.69 Å². The predicted octanol–water partition coefficient (Wildman–Crippen LogP) is 1.05. The van der Waals surface area contributed by atoms with Gasteiger partial charge in [0.05, 0.1) is 11.9 Å². The predicted molar refractivity (Wildman–Crippen MR) is 61.0 cm³/mol. The van der Waals surface area contributed by atoms with Crippen molar-refractivity contribution in [1.82, 2.24) is 10.3 Å². The molecule has 0 aromatic carbocycles. The number of rotatable bonds is 1. The van der Waals surface area contributed by atoms with Crippen molar-refractivity contribution < 1.29 is 0 Å². The number of nitrogens with one attached hydrogen (secondary N) is 1. The van der Waals surface area contributed by atoms with Crippen LogP contribution in [-0.4, -0.2) is 31.2 Å². The summed E-state index contributed by atoms with van der Waals surface area (Å²) in [6.45, 7) is 6.82.